The Morgan fingerprint density at radius 2 is 1.18 bits per heavy atom. The second kappa shape index (κ2) is 12.1. The van der Waals surface area contributed by atoms with E-state index in [0.717, 1.165) is 11.1 Å². The van der Waals surface area contributed by atoms with Crippen molar-refractivity contribution in [2.75, 3.05) is 5.73 Å². The van der Waals surface area contributed by atoms with Crippen molar-refractivity contribution in [2.24, 2.45) is 0 Å². The third-order valence-electron chi connectivity index (χ3n) is 6.20. The number of aromatic amines is 3. The van der Waals surface area contributed by atoms with Crippen LogP contribution in [0.4, 0.5) is 5.95 Å². The Hall–Kier alpha value is -5.26. The minimum atomic E-state index is -0.654. The van der Waals surface area contributed by atoms with Gasteiger partial charge in [-0.05, 0) is 11.1 Å². The summed E-state index contributed by atoms with van der Waals surface area (Å²) < 4.78 is 0. The van der Waals surface area contributed by atoms with Gasteiger partial charge in [0.15, 0.2) is 0 Å². The van der Waals surface area contributed by atoms with Crippen LogP contribution >= 0.6 is 0 Å². The fourth-order valence-corrected chi connectivity index (χ4v) is 4.38. The van der Waals surface area contributed by atoms with E-state index in [1.807, 2.05) is 60.7 Å². The Balaban J connectivity index is 0.000000210. The van der Waals surface area contributed by atoms with E-state index in [2.05, 4.69) is 19.9 Å². The third kappa shape index (κ3) is 5.90. The van der Waals surface area contributed by atoms with Gasteiger partial charge in [0.2, 0.25) is 5.95 Å². The highest BCUT2D eigenvalue weighted by Gasteiger charge is 2.32. The van der Waals surface area contributed by atoms with Gasteiger partial charge in [-0.2, -0.15) is 0 Å². The van der Waals surface area contributed by atoms with Gasteiger partial charge in [0, 0.05) is 13.1 Å². The van der Waals surface area contributed by atoms with Crippen LogP contribution in [0.25, 0.3) is 0 Å². The van der Waals surface area contributed by atoms with Crippen LogP contribution < -0.4 is 22.5 Å². The molecule has 2 aromatic heterocycles. The van der Waals surface area contributed by atoms with Crippen LogP contribution in [0, 0.1) is 0 Å². The Morgan fingerprint density at radius 3 is 1.75 bits per heavy atom. The highest BCUT2D eigenvalue weighted by atomic mass is 16.2. The molecule has 2 aromatic carbocycles. The Kier molecular flexibility index (Phi) is 8.84. The molecule has 5 N–H and O–H groups in total. The van der Waals surface area contributed by atoms with Crippen molar-refractivity contribution in [3.8, 4) is 0 Å². The summed E-state index contributed by atoms with van der Waals surface area (Å²) in [5.74, 6) is -0.600. The molecule has 0 radical (unpaired) electrons. The molecule has 12 heteroatoms. The van der Waals surface area contributed by atoms with Gasteiger partial charge in [-0.15, -0.1) is 0 Å². The zero-order valence-corrected chi connectivity index (χ0v) is 20.1. The smallest absolute Gasteiger partial charge is 0.326 e. The van der Waals surface area contributed by atoms with Crippen LogP contribution in [0.5, 0.6) is 0 Å². The molecule has 4 heterocycles. The number of nitrogens with two attached hydrogens (primary N) is 1. The maximum atomic E-state index is 12.2. The lowest BCUT2D eigenvalue weighted by atomic mass is 10.2. The fourth-order valence-electron chi connectivity index (χ4n) is 4.38. The molecule has 0 bridgehead atoms. The van der Waals surface area contributed by atoms with E-state index in [1.54, 1.807) is 4.90 Å². The normalized spacial score (nSPS) is 13.0. The molecular formula is C28H31N7O5. The second-order valence-corrected chi connectivity index (χ2v) is 8.83. The molecule has 208 valence electrons. The van der Waals surface area contributed by atoms with Gasteiger partial charge in [-0.3, -0.25) is 29.1 Å². The number of anilines is 1. The van der Waals surface area contributed by atoms with Crippen molar-refractivity contribution in [1.29, 1.82) is 0 Å². The molecule has 0 unspecified atom stereocenters. The number of nitrogens with zero attached hydrogens (tertiary/aromatic N) is 3. The van der Waals surface area contributed by atoms with Gasteiger partial charge in [-0.25, -0.2) is 9.78 Å². The fraction of sp³-hybridized carbons (Fsp3) is 0.214. The molecule has 6 rings (SSSR count). The molecule has 2 aliphatic heterocycles. The maximum Gasteiger partial charge on any atom is 0.326 e. The minimum Gasteiger partial charge on any atom is -0.369 e. The number of H-pyrrole nitrogens is 3. The summed E-state index contributed by atoms with van der Waals surface area (Å²) in [6, 6.07) is 19.1. The van der Waals surface area contributed by atoms with E-state index in [-0.39, 0.29) is 62.7 Å². The largest absolute Gasteiger partial charge is 0.369 e. The number of carbonyl (C=O) groups excluding carboxylic acids is 2. The second-order valence-electron chi connectivity index (χ2n) is 8.83. The molecule has 0 aliphatic carbocycles. The van der Waals surface area contributed by atoms with E-state index in [9.17, 15) is 24.0 Å². The van der Waals surface area contributed by atoms with Gasteiger partial charge in [0.25, 0.3) is 22.9 Å². The summed E-state index contributed by atoms with van der Waals surface area (Å²) >= 11 is 0. The van der Waals surface area contributed by atoms with Crippen LogP contribution in [0.1, 0.15) is 58.1 Å². The first-order valence-electron chi connectivity index (χ1n) is 11.7. The van der Waals surface area contributed by atoms with Gasteiger partial charge in [-0.1, -0.05) is 75.5 Å². The van der Waals surface area contributed by atoms with Crippen LogP contribution in [-0.4, -0.2) is 41.6 Å². The van der Waals surface area contributed by atoms with Crippen molar-refractivity contribution in [3.05, 3.63) is 125 Å². The number of carbonyl (C=O) groups is 2. The molecule has 0 fully saturated rings. The van der Waals surface area contributed by atoms with E-state index in [1.165, 1.54) is 4.90 Å². The Morgan fingerprint density at radius 1 is 0.675 bits per heavy atom. The summed E-state index contributed by atoms with van der Waals surface area (Å²) in [7, 11) is 0. The molecule has 4 aromatic rings. The zero-order chi connectivity index (χ0) is 26.8. The average Bonchev–Trinajstić information content (AvgIpc) is 3.38. The van der Waals surface area contributed by atoms with Crippen molar-refractivity contribution in [3.63, 3.8) is 0 Å². The Labute approximate surface area is 229 Å². The van der Waals surface area contributed by atoms with Crippen LogP contribution in [-0.2, 0) is 26.2 Å². The minimum absolute atomic E-state index is 0. The van der Waals surface area contributed by atoms with Crippen LogP contribution in [0.2, 0.25) is 0 Å². The first kappa shape index (κ1) is 29.3. The molecular weight excluding hydrogens is 514 g/mol. The summed E-state index contributed by atoms with van der Waals surface area (Å²) in [4.78, 5) is 72.8. The lowest BCUT2D eigenvalue weighted by Gasteiger charge is -2.14. The number of benzene rings is 2. The highest BCUT2D eigenvalue weighted by Crippen LogP contribution is 2.21. The third-order valence-corrected chi connectivity index (χ3v) is 6.20. The molecule has 0 atom stereocenters. The van der Waals surface area contributed by atoms with Gasteiger partial charge in [0.05, 0.1) is 24.2 Å². The highest BCUT2D eigenvalue weighted by molar-refractivity contribution is 5.96. The lowest BCUT2D eigenvalue weighted by Crippen LogP contribution is -2.26. The van der Waals surface area contributed by atoms with Crippen molar-refractivity contribution in [1.82, 2.24) is 29.7 Å². The number of nitrogen functional groups attached to an aromatic ring is 1. The van der Waals surface area contributed by atoms with Crippen molar-refractivity contribution in [2.45, 2.75) is 41.0 Å². The van der Waals surface area contributed by atoms with E-state index >= 15 is 0 Å². The molecule has 40 heavy (non-hydrogen) atoms. The van der Waals surface area contributed by atoms with Crippen molar-refractivity contribution >= 4 is 17.8 Å². The van der Waals surface area contributed by atoms with E-state index in [4.69, 9.17) is 5.73 Å². The summed E-state index contributed by atoms with van der Waals surface area (Å²) in [5.41, 5.74) is 6.91. The SMILES string of the molecule is C.C.Nc1nc2c(c(=O)[nH]1)CN(Cc1ccccc1)C2=O.O=C1c2[nH]c(=O)[nH]c(=O)c2CN1Cc1ccccc1. The number of hydrogen-bond donors (Lipinski definition) is 4. The number of aromatic nitrogens is 4. The monoisotopic (exact) mass is 545 g/mol. The predicted octanol–water partition coefficient (Wildman–Crippen LogP) is 2.00. The first-order valence-corrected chi connectivity index (χ1v) is 11.7. The standard InChI is InChI=1S/C13H12N4O2.C13H11N3O3.2CH4/c14-13-15-10-9(11(18)16-13)7-17(12(10)19)6-8-4-2-1-3-5-8;17-11-9-7-16(6-8-4-2-1-3-5-8)12(18)10(9)14-13(19)15-11;;/h1-5H,6-7H2,(H3,14,15,16,18);1-5H,6-7H2,(H2,14,15,17,19);2*1H4. The molecule has 0 spiro atoms. The molecule has 2 aliphatic rings. The number of hydrogen-bond acceptors (Lipinski definition) is 7. The maximum absolute atomic E-state index is 12.2. The molecule has 0 saturated heterocycles. The van der Waals surface area contributed by atoms with Gasteiger partial charge < -0.3 is 20.5 Å². The average molecular weight is 546 g/mol. The molecule has 0 saturated carbocycles. The number of rotatable bonds is 4. The first-order chi connectivity index (χ1) is 18.3. The lowest BCUT2D eigenvalue weighted by molar-refractivity contribution is 0.0755. The van der Waals surface area contributed by atoms with Crippen LogP contribution in [0.3, 0.4) is 0 Å². The zero-order valence-electron chi connectivity index (χ0n) is 20.1. The number of fused-ring (bicyclic) bond motifs is 2. The quantitative estimate of drug-likeness (QED) is 0.303. The number of amides is 2. The topological polar surface area (TPSA) is 178 Å². The van der Waals surface area contributed by atoms with Gasteiger partial charge in [0.1, 0.15) is 11.4 Å². The summed E-state index contributed by atoms with van der Waals surface area (Å²) in [5, 5.41) is 0. The van der Waals surface area contributed by atoms with E-state index in [0.29, 0.717) is 24.2 Å². The molecule has 12 nitrogen and oxygen atoms in total. The van der Waals surface area contributed by atoms with Gasteiger partial charge >= 0.3 is 5.69 Å². The Bertz CT molecular complexity index is 1690. The van der Waals surface area contributed by atoms with E-state index < -0.39 is 11.2 Å². The molecule has 2 amide bonds. The predicted molar refractivity (Wildman–Crippen MR) is 150 cm³/mol. The van der Waals surface area contributed by atoms with Crippen molar-refractivity contribution < 1.29 is 9.59 Å². The van der Waals surface area contributed by atoms with Crippen LogP contribution in [0.15, 0.2) is 75.0 Å². The summed E-state index contributed by atoms with van der Waals surface area (Å²) in [6.07, 6.45) is 0. The number of nitrogens with one attached hydrogen (secondary N) is 3. The summed E-state index contributed by atoms with van der Waals surface area (Å²) in [6.45, 7) is 1.35.